The van der Waals surface area contributed by atoms with E-state index in [1.165, 1.54) is 0 Å². The van der Waals surface area contributed by atoms with Gasteiger partial charge in [0.15, 0.2) is 0 Å². The van der Waals surface area contributed by atoms with Crippen LogP contribution in [0.15, 0.2) is 42.7 Å². The zero-order chi connectivity index (χ0) is 13.0. The fraction of sp³-hybridized carbons (Fsp3) is 0.214. The van der Waals surface area contributed by atoms with Gasteiger partial charge in [-0.2, -0.15) is 0 Å². The average molecular weight is 281 g/mol. The predicted molar refractivity (Wildman–Crippen MR) is 76.2 cm³/mol. The summed E-state index contributed by atoms with van der Waals surface area (Å²) in [5.41, 5.74) is 2.10. The lowest BCUT2D eigenvalue weighted by Crippen LogP contribution is -2.22. The summed E-state index contributed by atoms with van der Waals surface area (Å²) in [5, 5.41) is 4.72. The third kappa shape index (κ3) is 3.02. The molecule has 1 N–H and O–H groups in total. The maximum absolute atomic E-state index is 6.27. The molecule has 1 heterocycles. The van der Waals surface area contributed by atoms with Gasteiger partial charge in [0.2, 0.25) is 0 Å². The molecular weight excluding hydrogens is 267 g/mol. The Morgan fingerprint density at radius 2 is 2.11 bits per heavy atom. The van der Waals surface area contributed by atoms with E-state index in [0.29, 0.717) is 10.0 Å². The van der Waals surface area contributed by atoms with Crippen LogP contribution < -0.4 is 5.32 Å². The SMILES string of the molecule is CCN[C@@H](c1cccnc1)c1ccc(Cl)cc1Cl. The van der Waals surface area contributed by atoms with Crippen LogP contribution in [-0.2, 0) is 0 Å². The van der Waals surface area contributed by atoms with Crippen molar-refractivity contribution in [2.24, 2.45) is 0 Å². The molecule has 0 aliphatic rings. The van der Waals surface area contributed by atoms with E-state index in [0.717, 1.165) is 17.7 Å². The Morgan fingerprint density at radius 3 is 2.72 bits per heavy atom. The molecule has 0 saturated heterocycles. The third-order valence-corrected chi connectivity index (χ3v) is 3.26. The summed E-state index contributed by atoms with van der Waals surface area (Å²) in [6, 6.07) is 9.55. The highest BCUT2D eigenvalue weighted by molar-refractivity contribution is 6.35. The van der Waals surface area contributed by atoms with Crippen molar-refractivity contribution >= 4 is 23.2 Å². The number of aromatic nitrogens is 1. The lowest BCUT2D eigenvalue weighted by molar-refractivity contribution is 0.629. The molecule has 0 spiro atoms. The number of halogens is 2. The number of nitrogens with zero attached hydrogens (tertiary/aromatic N) is 1. The molecule has 4 heteroatoms. The van der Waals surface area contributed by atoms with E-state index in [2.05, 4.69) is 17.2 Å². The molecule has 18 heavy (non-hydrogen) atoms. The molecule has 0 saturated carbocycles. The molecule has 94 valence electrons. The lowest BCUT2D eigenvalue weighted by atomic mass is 10.00. The summed E-state index contributed by atoms with van der Waals surface area (Å²) in [6.07, 6.45) is 3.61. The maximum atomic E-state index is 6.27. The second-order valence-electron chi connectivity index (χ2n) is 3.94. The van der Waals surface area contributed by atoms with E-state index in [1.54, 1.807) is 12.3 Å². The molecule has 0 radical (unpaired) electrons. The fourth-order valence-corrected chi connectivity index (χ4v) is 2.41. The molecule has 0 aliphatic heterocycles. The Hall–Kier alpha value is -1.09. The highest BCUT2D eigenvalue weighted by atomic mass is 35.5. The number of rotatable bonds is 4. The minimum atomic E-state index is 0.0356. The van der Waals surface area contributed by atoms with Crippen molar-refractivity contribution in [3.8, 4) is 0 Å². The predicted octanol–water partition coefficient (Wildman–Crippen LogP) is 4.09. The number of pyridine rings is 1. The van der Waals surface area contributed by atoms with Crippen molar-refractivity contribution in [3.05, 3.63) is 63.9 Å². The van der Waals surface area contributed by atoms with Gasteiger partial charge < -0.3 is 5.32 Å². The van der Waals surface area contributed by atoms with Crippen molar-refractivity contribution in [1.29, 1.82) is 0 Å². The van der Waals surface area contributed by atoms with Gasteiger partial charge in [-0.1, -0.05) is 42.3 Å². The van der Waals surface area contributed by atoms with Crippen LogP contribution in [0.2, 0.25) is 10.0 Å². The van der Waals surface area contributed by atoms with Gasteiger partial charge in [-0.3, -0.25) is 4.98 Å². The smallest absolute Gasteiger partial charge is 0.0606 e. The van der Waals surface area contributed by atoms with Crippen LogP contribution in [0.4, 0.5) is 0 Å². The van der Waals surface area contributed by atoms with E-state index in [9.17, 15) is 0 Å². The first-order valence-electron chi connectivity index (χ1n) is 5.80. The molecule has 1 aromatic heterocycles. The molecule has 1 atom stereocenters. The zero-order valence-corrected chi connectivity index (χ0v) is 11.5. The lowest BCUT2D eigenvalue weighted by Gasteiger charge is -2.19. The quantitative estimate of drug-likeness (QED) is 0.913. The summed E-state index contributed by atoms with van der Waals surface area (Å²) < 4.78 is 0. The van der Waals surface area contributed by atoms with Gasteiger partial charge in [-0.15, -0.1) is 0 Å². The van der Waals surface area contributed by atoms with Gasteiger partial charge in [0.25, 0.3) is 0 Å². The maximum Gasteiger partial charge on any atom is 0.0606 e. The molecular formula is C14H14Cl2N2. The van der Waals surface area contributed by atoms with Crippen LogP contribution in [0.5, 0.6) is 0 Å². The highest BCUT2D eigenvalue weighted by Crippen LogP contribution is 2.30. The Labute approximate surface area is 117 Å². The van der Waals surface area contributed by atoms with Crippen molar-refractivity contribution in [1.82, 2.24) is 10.3 Å². The summed E-state index contributed by atoms with van der Waals surface area (Å²) >= 11 is 12.2. The molecule has 0 bridgehead atoms. The van der Waals surface area contributed by atoms with Crippen LogP contribution in [0, 0.1) is 0 Å². The Bertz CT molecular complexity index is 514. The van der Waals surface area contributed by atoms with E-state index in [4.69, 9.17) is 23.2 Å². The number of hydrogen-bond acceptors (Lipinski definition) is 2. The molecule has 2 aromatic rings. The largest absolute Gasteiger partial charge is 0.306 e. The monoisotopic (exact) mass is 280 g/mol. The number of nitrogens with one attached hydrogen (secondary N) is 1. The van der Waals surface area contributed by atoms with Gasteiger partial charge in [-0.25, -0.2) is 0 Å². The summed E-state index contributed by atoms with van der Waals surface area (Å²) in [4.78, 5) is 4.15. The van der Waals surface area contributed by atoms with E-state index in [1.807, 2.05) is 30.5 Å². The van der Waals surface area contributed by atoms with Crippen LogP contribution in [0.1, 0.15) is 24.1 Å². The Kier molecular flexibility index (Phi) is 4.59. The molecule has 2 rings (SSSR count). The van der Waals surface area contributed by atoms with Crippen LogP contribution in [0.25, 0.3) is 0 Å². The van der Waals surface area contributed by atoms with Gasteiger partial charge in [0.05, 0.1) is 6.04 Å². The van der Waals surface area contributed by atoms with Gasteiger partial charge in [-0.05, 0) is 35.9 Å². The second kappa shape index (κ2) is 6.19. The van der Waals surface area contributed by atoms with E-state index < -0.39 is 0 Å². The fourth-order valence-electron chi connectivity index (χ4n) is 1.89. The Morgan fingerprint density at radius 1 is 1.28 bits per heavy atom. The first kappa shape index (κ1) is 13.3. The molecule has 0 unspecified atom stereocenters. The van der Waals surface area contributed by atoms with Crippen LogP contribution in [0.3, 0.4) is 0 Å². The summed E-state index contributed by atoms with van der Waals surface area (Å²) in [6.45, 7) is 2.91. The summed E-state index contributed by atoms with van der Waals surface area (Å²) in [7, 11) is 0. The zero-order valence-electron chi connectivity index (χ0n) is 10.0. The standard InChI is InChI=1S/C14H14Cl2N2/c1-2-18-14(10-4-3-7-17-9-10)12-6-5-11(15)8-13(12)16/h3-9,14,18H,2H2,1H3/t14-/m0/s1. The van der Waals surface area contributed by atoms with Gasteiger partial charge >= 0.3 is 0 Å². The van der Waals surface area contributed by atoms with Crippen molar-refractivity contribution in [2.45, 2.75) is 13.0 Å². The van der Waals surface area contributed by atoms with Crippen molar-refractivity contribution in [2.75, 3.05) is 6.54 Å². The van der Waals surface area contributed by atoms with E-state index >= 15 is 0 Å². The molecule has 2 nitrogen and oxygen atoms in total. The number of hydrogen-bond donors (Lipinski definition) is 1. The summed E-state index contributed by atoms with van der Waals surface area (Å²) in [5.74, 6) is 0. The molecule has 1 aromatic carbocycles. The number of benzene rings is 1. The average Bonchev–Trinajstić information content (AvgIpc) is 2.38. The van der Waals surface area contributed by atoms with Crippen LogP contribution in [-0.4, -0.2) is 11.5 Å². The van der Waals surface area contributed by atoms with Crippen LogP contribution >= 0.6 is 23.2 Å². The van der Waals surface area contributed by atoms with Crippen molar-refractivity contribution in [3.63, 3.8) is 0 Å². The normalized spacial score (nSPS) is 12.4. The van der Waals surface area contributed by atoms with Gasteiger partial charge in [0.1, 0.15) is 0 Å². The highest BCUT2D eigenvalue weighted by Gasteiger charge is 2.16. The van der Waals surface area contributed by atoms with E-state index in [-0.39, 0.29) is 6.04 Å². The molecule has 0 amide bonds. The van der Waals surface area contributed by atoms with Gasteiger partial charge in [0, 0.05) is 22.4 Å². The Balaban J connectivity index is 2.41. The second-order valence-corrected chi connectivity index (χ2v) is 4.79. The first-order valence-corrected chi connectivity index (χ1v) is 6.56. The van der Waals surface area contributed by atoms with Crippen molar-refractivity contribution < 1.29 is 0 Å². The minimum absolute atomic E-state index is 0.0356. The molecule has 0 fully saturated rings. The topological polar surface area (TPSA) is 24.9 Å². The first-order chi connectivity index (χ1) is 8.72. The third-order valence-electron chi connectivity index (χ3n) is 2.70. The minimum Gasteiger partial charge on any atom is -0.306 e. The molecule has 0 aliphatic carbocycles.